The van der Waals surface area contributed by atoms with E-state index in [0.717, 1.165) is 30.3 Å². The molecule has 4 heteroatoms. The molecule has 1 aliphatic carbocycles. The van der Waals surface area contributed by atoms with E-state index in [-0.39, 0.29) is 6.04 Å². The highest BCUT2D eigenvalue weighted by Crippen LogP contribution is 2.29. The minimum Gasteiger partial charge on any atom is -0.493 e. The zero-order chi connectivity index (χ0) is 13.0. The van der Waals surface area contributed by atoms with Crippen LogP contribution in [0.25, 0.3) is 0 Å². The number of nitrogens with one attached hydrogen (secondary N) is 1. The zero-order valence-electron chi connectivity index (χ0n) is 10.6. The number of carboxylic acid groups (broad SMARTS) is 1. The number of carbonyl (C=O) groups is 1. The first-order chi connectivity index (χ1) is 8.69. The quantitative estimate of drug-likeness (QED) is 0.814. The Bertz CT molecular complexity index is 398. The standard InChI is InChI=1S/C14H19NO3/c1-2-13(15-14(16)17)11-5-7-12(8-6-11)18-9-10-3-4-10/h5-8,10,13,15H,2-4,9H2,1H3,(H,16,17). The SMILES string of the molecule is CCC(NC(=O)O)c1ccc(OCC2CC2)cc1. The highest BCUT2D eigenvalue weighted by atomic mass is 16.5. The summed E-state index contributed by atoms with van der Waals surface area (Å²) >= 11 is 0. The molecule has 0 saturated heterocycles. The van der Waals surface area contributed by atoms with E-state index in [4.69, 9.17) is 9.84 Å². The van der Waals surface area contributed by atoms with E-state index in [0.29, 0.717) is 0 Å². The van der Waals surface area contributed by atoms with Gasteiger partial charge in [0.05, 0.1) is 12.6 Å². The molecule has 0 aliphatic heterocycles. The van der Waals surface area contributed by atoms with Crippen LogP contribution in [-0.4, -0.2) is 17.8 Å². The third-order valence-corrected chi connectivity index (χ3v) is 3.17. The molecule has 0 radical (unpaired) electrons. The summed E-state index contributed by atoms with van der Waals surface area (Å²) < 4.78 is 5.64. The van der Waals surface area contributed by atoms with Crippen molar-refractivity contribution >= 4 is 6.09 Å². The molecule has 0 spiro atoms. The highest BCUT2D eigenvalue weighted by molar-refractivity contribution is 5.65. The van der Waals surface area contributed by atoms with E-state index in [1.54, 1.807) is 0 Å². The number of amides is 1. The van der Waals surface area contributed by atoms with E-state index in [1.807, 2.05) is 31.2 Å². The van der Waals surface area contributed by atoms with Gasteiger partial charge in [-0.1, -0.05) is 19.1 Å². The fourth-order valence-corrected chi connectivity index (χ4v) is 1.87. The molecular weight excluding hydrogens is 230 g/mol. The number of hydrogen-bond acceptors (Lipinski definition) is 2. The van der Waals surface area contributed by atoms with E-state index in [9.17, 15) is 4.79 Å². The first-order valence-corrected chi connectivity index (χ1v) is 6.41. The Morgan fingerprint density at radius 3 is 2.61 bits per heavy atom. The van der Waals surface area contributed by atoms with E-state index < -0.39 is 6.09 Å². The maximum Gasteiger partial charge on any atom is 0.405 e. The Balaban J connectivity index is 1.93. The molecule has 1 fully saturated rings. The van der Waals surface area contributed by atoms with Crippen LogP contribution >= 0.6 is 0 Å². The van der Waals surface area contributed by atoms with Gasteiger partial charge >= 0.3 is 6.09 Å². The third-order valence-electron chi connectivity index (χ3n) is 3.17. The van der Waals surface area contributed by atoms with E-state index >= 15 is 0 Å². The largest absolute Gasteiger partial charge is 0.493 e. The molecule has 1 unspecified atom stereocenters. The fourth-order valence-electron chi connectivity index (χ4n) is 1.87. The Morgan fingerprint density at radius 2 is 2.11 bits per heavy atom. The predicted molar refractivity (Wildman–Crippen MR) is 68.9 cm³/mol. The summed E-state index contributed by atoms with van der Waals surface area (Å²) in [7, 11) is 0. The lowest BCUT2D eigenvalue weighted by Crippen LogP contribution is -2.26. The van der Waals surface area contributed by atoms with Gasteiger partial charge in [0, 0.05) is 0 Å². The van der Waals surface area contributed by atoms with Crippen molar-refractivity contribution in [1.82, 2.24) is 5.32 Å². The van der Waals surface area contributed by atoms with Crippen molar-refractivity contribution in [2.45, 2.75) is 32.2 Å². The second-order valence-electron chi connectivity index (χ2n) is 4.73. The normalized spacial score (nSPS) is 16.1. The van der Waals surface area contributed by atoms with Crippen LogP contribution in [-0.2, 0) is 0 Å². The number of rotatable bonds is 6. The molecule has 1 amide bonds. The van der Waals surface area contributed by atoms with Crippen LogP contribution in [0.2, 0.25) is 0 Å². The average molecular weight is 249 g/mol. The van der Waals surface area contributed by atoms with Gasteiger partial charge in [-0.3, -0.25) is 0 Å². The van der Waals surface area contributed by atoms with Gasteiger partial charge in [0.15, 0.2) is 0 Å². The topological polar surface area (TPSA) is 58.6 Å². The minimum absolute atomic E-state index is 0.153. The van der Waals surface area contributed by atoms with Gasteiger partial charge in [0.25, 0.3) is 0 Å². The maximum atomic E-state index is 10.7. The van der Waals surface area contributed by atoms with Crippen molar-refractivity contribution < 1.29 is 14.6 Å². The molecule has 1 atom stereocenters. The van der Waals surface area contributed by atoms with Gasteiger partial charge in [-0.15, -0.1) is 0 Å². The van der Waals surface area contributed by atoms with Gasteiger partial charge in [0.1, 0.15) is 5.75 Å². The van der Waals surface area contributed by atoms with E-state index in [2.05, 4.69) is 5.32 Å². The monoisotopic (exact) mass is 249 g/mol. The molecule has 0 bridgehead atoms. The van der Waals surface area contributed by atoms with Gasteiger partial charge in [0.2, 0.25) is 0 Å². The first kappa shape index (κ1) is 12.7. The van der Waals surface area contributed by atoms with Crippen LogP contribution in [0, 0.1) is 5.92 Å². The molecule has 2 N–H and O–H groups in total. The molecule has 0 aromatic heterocycles. The maximum absolute atomic E-state index is 10.7. The van der Waals surface area contributed by atoms with Crippen molar-refractivity contribution in [3.8, 4) is 5.75 Å². The molecule has 1 aromatic carbocycles. The first-order valence-electron chi connectivity index (χ1n) is 6.41. The van der Waals surface area contributed by atoms with Crippen molar-refractivity contribution in [1.29, 1.82) is 0 Å². The van der Waals surface area contributed by atoms with Crippen LogP contribution in [0.5, 0.6) is 5.75 Å². The highest BCUT2D eigenvalue weighted by Gasteiger charge is 2.21. The van der Waals surface area contributed by atoms with Crippen LogP contribution in [0.3, 0.4) is 0 Å². The van der Waals surface area contributed by atoms with Gasteiger partial charge in [-0.2, -0.15) is 0 Å². The molecule has 2 rings (SSSR count). The Hall–Kier alpha value is -1.71. The molecule has 1 saturated carbocycles. The van der Waals surface area contributed by atoms with Crippen molar-refractivity contribution in [2.75, 3.05) is 6.61 Å². The lowest BCUT2D eigenvalue weighted by atomic mass is 10.0. The van der Waals surface area contributed by atoms with Crippen LogP contribution in [0.1, 0.15) is 37.8 Å². The Morgan fingerprint density at radius 1 is 1.44 bits per heavy atom. The molecule has 1 aromatic rings. The predicted octanol–water partition coefficient (Wildman–Crippen LogP) is 3.19. The minimum atomic E-state index is -0.990. The molecule has 4 nitrogen and oxygen atoms in total. The smallest absolute Gasteiger partial charge is 0.405 e. The lowest BCUT2D eigenvalue weighted by Gasteiger charge is -2.15. The molecule has 1 aliphatic rings. The summed E-state index contributed by atoms with van der Waals surface area (Å²) in [6, 6.07) is 7.51. The summed E-state index contributed by atoms with van der Waals surface area (Å²) in [5, 5.41) is 11.2. The van der Waals surface area contributed by atoms with Crippen molar-refractivity contribution in [3.05, 3.63) is 29.8 Å². The number of ether oxygens (including phenoxy) is 1. The lowest BCUT2D eigenvalue weighted by molar-refractivity contribution is 0.189. The molecular formula is C14H19NO3. The number of benzene rings is 1. The van der Waals surface area contributed by atoms with Crippen molar-refractivity contribution in [3.63, 3.8) is 0 Å². The third kappa shape index (κ3) is 3.65. The van der Waals surface area contributed by atoms with Crippen LogP contribution < -0.4 is 10.1 Å². The summed E-state index contributed by atoms with van der Waals surface area (Å²) in [5.41, 5.74) is 0.971. The zero-order valence-corrected chi connectivity index (χ0v) is 10.6. The fraction of sp³-hybridized carbons (Fsp3) is 0.500. The van der Waals surface area contributed by atoms with Crippen LogP contribution in [0.4, 0.5) is 4.79 Å². The van der Waals surface area contributed by atoms with Gasteiger partial charge in [-0.05, 0) is 42.9 Å². The molecule has 18 heavy (non-hydrogen) atoms. The summed E-state index contributed by atoms with van der Waals surface area (Å²) in [6.45, 7) is 2.75. The Kier molecular flexibility index (Phi) is 4.07. The van der Waals surface area contributed by atoms with Gasteiger partial charge < -0.3 is 15.2 Å². The molecule has 98 valence electrons. The van der Waals surface area contributed by atoms with Gasteiger partial charge in [-0.25, -0.2) is 4.79 Å². The summed E-state index contributed by atoms with van der Waals surface area (Å²) in [4.78, 5) is 10.7. The van der Waals surface area contributed by atoms with Crippen LogP contribution in [0.15, 0.2) is 24.3 Å². The summed E-state index contributed by atoms with van der Waals surface area (Å²) in [5.74, 6) is 1.59. The summed E-state index contributed by atoms with van der Waals surface area (Å²) in [6.07, 6.45) is 2.29. The second kappa shape index (κ2) is 5.76. The van der Waals surface area contributed by atoms with E-state index in [1.165, 1.54) is 12.8 Å². The second-order valence-corrected chi connectivity index (χ2v) is 4.73. The van der Waals surface area contributed by atoms with Crippen molar-refractivity contribution in [2.24, 2.45) is 5.92 Å². The average Bonchev–Trinajstić information content (AvgIpc) is 3.18. The Labute approximate surface area is 107 Å². The molecule has 0 heterocycles. The number of hydrogen-bond donors (Lipinski definition) is 2.